The molecule has 0 radical (unpaired) electrons. The number of nitrogens with zero attached hydrogens (tertiary/aromatic N) is 8. The van der Waals surface area contributed by atoms with Crippen LogP contribution in [0.25, 0.3) is 22.6 Å². The molecular weight excluding hydrogens is 891 g/mol. The lowest BCUT2D eigenvalue weighted by atomic mass is 10.0. The molecule has 1 aliphatic heterocycles. The number of amides is 7. The van der Waals surface area contributed by atoms with Crippen molar-refractivity contribution in [2.24, 2.45) is 5.92 Å². The Bertz CT molecular complexity index is 2690. The first-order valence-electron chi connectivity index (χ1n) is 22.4. The number of nitrogen functional groups attached to an aromatic ring is 2. The molecule has 0 spiro atoms. The Balaban J connectivity index is 0.925. The minimum Gasteiger partial charge on any atom is -0.382 e. The van der Waals surface area contributed by atoms with Crippen LogP contribution in [0, 0.1) is 5.92 Å². The van der Waals surface area contributed by atoms with E-state index in [1.165, 1.54) is 37.3 Å². The molecule has 11 N–H and O–H groups in total. The van der Waals surface area contributed by atoms with Crippen LogP contribution in [0.1, 0.15) is 92.6 Å². The Kier molecular flexibility index (Phi) is 16.9. The number of nitrogens with one attached hydrogen (secondary N) is 7. The van der Waals surface area contributed by atoms with Crippen LogP contribution in [0.15, 0.2) is 60.8 Å². The van der Waals surface area contributed by atoms with Crippen molar-refractivity contribution in [3.8, 4) is 11.4 Å². The Morgan fingerprint density at radius 1 is 0.797 bits per heavy atom. The first-order valence-corrected chi connectivity index (χ1v) is 22.4. The van der Waals surface area contributed by atoms with E-state index in [9.17, 15) is 33.6 Å². The smallest absolute Gasteiger partial charge is 0.253 e. The number of aromatic nitrogens is 8. The van der Waals surface area contributed by atoms with Crippen molar-refractivity contribution in [3.63, 3.8) is 0 Å². The average Bonchev–Trinajstić information content (AvgIpc) is 3.98. The highest BCUT2D eigenvalue weighted by Crippen LogP contribution is 2.25. The predicted molar refractivity (Wildman–Crippen MR) is 253 cm³/mol. The second-order valence-corrected chi connectivity index (χ2v) is 16.7. The normalized spacial score (nSPS) is 13.5. The van der Waals surface area contributed by atoms with Gasteiger partial charge in [-0.3, -0.25) is 38.5 Å². The van der Waals surface area contributed by atoms with Gasteiger partial charge in [0, 0.05) is 60.2 Å². The van der Waals surface area contributed by atoms with Crippen LogP contribution in [0.4, 0.5) is 23.1 Å². The van der Waals surface area contributed by atoms with Gasteiger partial charge in [0.15, 0.2) is 17.0 Å². The van der Waals surface area contributed by atoms with E-state index >= 15 is 0 Å². The van der Waals surface area contributed by atoms with Gasteiger partial charge >= 0.3 is 0 Å². The topological polar surface area (TPSA) is 353 Å². The summed E-state index contributed by atoms with van der Waals surface area (Å²) >= 11 is 0. The number of unbranched alkanes of at least 4 members (excludes halogenated alkanes) is 2. The van der Waals surface area contributed by atoms with Gasteiger partial charge in [-0.2, -0.15) is 15.2 Å². The highest BCUT2D eigenvalue weighted by Gasteiger charge is 2.28. The van der Waals surface area contributed by atoms with Gasteiger partial charge < -0.3 is 43.4 Å². The highest BCUT2D eigenvalue weighted by molar-refractivity contribution is 6.12. The SMILES string of the molecule is CC(C)[C@H](NC(=O)CCCCCN1C(=O)C=CC1=O)C(=O)N[C@@H](C)C(=O)Nc1ccc(C(=O)NCCC[C@@H](C)NC(=O)c2ccc(NCc3cnc4nc(N)nc(N)c4n3)cc2)c(-c2nn[nH]n2)c1. The summed E-state index contributed by atoms with van der Waals surface area (Å²) in [7, 11) is 0. The zero-order valence-corrected chi connectivity index (χ0v) is 38.5. The van der Waals surface area contributed by atoms with Gasteiger partial charge in [-0.1, -0.05) is 20.3 Å². The second kappa shape index (κ2) is 23.3. The fourth-order valence-electron chi connectivity index (χ4n) is 7.15. The molecule has 7 amide bonds. The number of rotatable bonds is 23. The van der Waals surface area contributed by atoms with E-state index in [1.54, 1.807) is 44.3 Å². The predicted octanol–water partition coefficient (Wildman–Crippen LogP) is 1.77. The van der Waals surface area contributed by atoms with Crippen molar-refractivity contribution >= 4 is 75.7 Å². The lowest BCUT2D eigenvalue weighted by Gasteiger charge is -2.24. The molecule has 0 bridgehead atoms. The molecule has 0 aliphatic carbocycles. The Hall–Kier alpha value is -8.44. The largest absolute Gasteiger partial charge is 0.382 e. The molecule has 24 heteroatoms. The number of fused-ring (bicyclic) bond motifs is 1. The summed E-state index contributed by atoms with van der Waals surface area (Å²) in [5, 5.41) is 31.3. The maximum Gasteiger partial charge on any atom is 0.253 e. The summed E-state index contributed by atoms with van der Waals surface area (Å²) in [5.41, 5.74) is 14.8. The van der Waals surface area contributed by atoms with Crippen LogP contribution in [0.3, 0.4) is 0 Å². The molecule has 1 aliphatic rings. The standard InChI is InChI=1S/C45H55N17O7/c1-24(2)36(55-33(63)10-6-5-7-20-62-34(64)17-18-35(62)65)44(69)52-26(4)41(66)54-29-15-16-31(32(21-29)39-58-60-61-59-39)43(68)48-19-8-9-25(3)51-42(67)27-11-13-28(14-12-27)49-22-30-23-50-40-37(53-30)38(46)56-45(47)57-40/h11-18,21,23-26,36,49H,5-10,19-20,22H2,1-4H3,(H,48,68)(H,51,67)(H,52,69)(H,54,66)(H,55,63)(H,58,59,60,61)(H4,46,47,50,56,57)/t25-,26+,36+/m1/s1. The van der Waals surface area contributed by atoms with E-state index in [1.807, 2.05) is 6.92 Å². The van der Waals surface area contributed by atoms with Crippen LogP contribution < -0.4 is 43.4 Å². The quantitative estimate of drug-likeness (QED) is 0.0333. The van der Waals surface area contributed by atoms with E-state index in [-0.39, 0.29) is 83.8 Å². The number of imide groups is 1. The minimum absolute atomic E-state index is 0.0171. The van der Waals surface area contributed by atoms with Crippen molar-refractivity contribution in [1.29, 1.82) is 0 Å². The molecule has 362 valence electrons. The van der Waals surface area contributed by atoms with Crippen LogP contribution in [0.2, 0.25) is 0 Å². The Morgan fingerprint density at radius 2 is 1.54 bits per heavy atom. The third-order valence-corrected chi connectivity index (χ3v) is 10.9. The molecular formula is C45H55N17O7. The molecule has 3 aromatic heterocycles. The van der Waals surface area contributed by atoms with Crippen molar-refractivity contribution in [1.82, 2.24) is 66.7 Å². The monoisotopic (exact) mass is 945 g/mol. The maximum atomic E-state index is 13.4. The molecule has 24 nitrogen and oxygen atoms in total. The van der Waals surface area contributed by atoms with Crippen LogP contribution in [-0.4, -0.2) is 118 Å². The van der Waals surface area contributed by atoms with Crippen molar-refractivity contribution in [3.05, 3.63) is 77.6 Å². The molecule has 0 unspecified atom stereocenters. The number of hydrogen-bond donors (Lipinski definition) is 9. The van der Waals surface area contributed by atoms with Gasteiger partial charge in [-0.25, -0.2) is 9.97 Å². The van der Waals surface area contributed by atoms with Crippen LogP contribution in [-0.2, 0) is 30.5 Å². The van der Waals surface area contributed by atoms with E-state index < -0.39 is 29.8 Å². The van der Waals surface area contributed by atoms with Gasteiger partial charge in [-0.05, 0) is 93.1 Å². The molecule has 5 aromatic rings. The number of aromatic amines is 1. The summed E-state index contributed by atoms with van der Waals surface area (Å²) in [6.07, 6.45) is 6.89. The molecule has 2 aromatic carbocycles. The van der Waals surface area contributed by atoms with Gasteiger partial charge in [-0.15, -0.1) is 10.2 Å². The van der Waals surface area contributed by atoms with Crippen molar-refractivity contribution in [2.45, 2.75) is 90.9 Å². The van der Waals surface area contributed by atoms with E-state index in [0.29, 0.717) is 66.8 Å². The minimum atomic E-state index is -1.02. The molecule has 3 atom stereocenters. The number of nitrogens with two attached hydrogens (primary N) is 2. The molecule has 6 rings (SSSR count). The van der Waals surface area contributed by atoms with Crippen molar-refractivity contribution < 1.29 is 33.6 Å². The number of H-pyrrole nitrogens is 1. The van der Waals surface area contributed by atoms with Gasteiger partial charge in [0.25, 0.3) is 23.6 Å². The highest BCUT2D eigenvalue weighted by atomic mass is 16.2. The summed E-state index contributed by atoms with van der Waals surface area (Å²) in [6, 6.07) is 9.38. The number of carbonyl (C=O) groups is 7. The Morgan fingerprint density at radius 3 is 2.25 bits per heavy atom. The van der Waals surface area contributed by atoms with E-state index in [2.05, 4.69) is 72.5 Å². The molecule has 4 heterocycles. The summed E-state index contributed by atoms with van der Waals surface area (Å²) in [6.45, 7) is 7.80. The average molecular weight is 946 g/mol. The van der Waals surface area contributed by atoms with Gasteiger partial charge in [0.05, 0.1) is 24.0 Å². The summed E-state index contributed by atoms with van der Waals surface area (Å²) in [4.78, 5) is 107. The van der Waals surface area contributed by atoms with E-state index in [4.69, 9.17) is 11.5 Å². The van der Waals surface area contributed by atoms with Gasteiger partial charge in [0.1, 0.15) is 12.1 Å². The summed E-state index contributed by atoms with van der Waals surface area (Å²) in [5.74, 6) is -2.87. The fraction of sp³-hybridized carbons (Fsp3) is 0.378. The number of benzene rings is 2. The first-order chi connectivity index (χ1) is 33.1. The molecule has 0 saturated carbocycles. The fourth-order valence-corrected chi connectivity index (χ4v) is 7.15. The number of hydrogen-bond acceptors (Lipinski definition) is 17. The van der Waals surface area contributed by atoms with Gasteiger partial charge in [0.2, 0.25) is 29.5 Å². The van der Waals surface area contributed by atoms with Crippen LogP contribution in [0.5, 0.6) is 0 Å². The maximum absolute atomic E-state index is 13.4. The van der Waals surface area contributed by atoms with Crippen LogP contribution >= 0.6 is 0 Å². The lowest BCUT2D eigenvalue weighted by Crippen LogP contribution is -2.53. The second-order valence-electron chi connectivity index (χ2n) is 16.7. The number of anilines is 4. The molecule has 0 fully saturated rings. The zero-order chi connectivity index (χ0) is 49.6. The molecule has 0 saturated heterocycles. The zero-order valence-electron chi connectivity index (χ0n) is 38.5. The Labute approximate surface area is 396 Å². The first kappa shape index (κ1) is 50.0. The summed E-state index contributed by atoms with van der Waals surface area (Å²) < 4.78 is 0. The third-order valence-electron chi connectivity index (χ3n) is 10.9. The molecule has 69 heavy (non-hydrogen) atoms. The number of tetrazole rings is 1. The number of carbonyl (C=O) groups excluding carboxylic acids is 7. The van der Waals surface area contributed by atoms with E-state index in [0.717, 1.165) is 10.6 Å². The third kappa shape index (κ3) is 13.8. The van der Waals surface area contributed by atoms with Crippen molar-refractivity contribution in [2.75, 3.05) is 35.2 Å². The lowest BCUT2D eigenvalue weighted by molar-refractivity contribution is -0.137.